The lowest BCUT2D eigenvalue weighted by molar-refractivity contribution is -0.432. The zero-order valence-electron chi connectivity index (χ0n) is 5.23. The molecule has 0 aliphatic carbocycles. The van der Waals surface area contributed by atoms with E-state index in [0.717, 1.165) is 0 Å². The third-order valence-corrected chi connectivity index (χ3v) is 0.667. The third kappa shape index (κ3) is 4.31. The molecule has 1 N–H and O–H groups in total. The molecule has 0 rings (SSSR count). The van der Waals surface area contributed by atoms with Gasteiger partial charge in [0, 0.05) is 0 Å². The SMILES string of the molecule is CC(O[O])OC(C)OO. The molecule has 0 bridgehead atoms. The van der Waals surface area contributed by atoms with Crippen molar-refractivity contribution in [2.45, 2.75) is 26.4 Å². The highest BCUT2D eigenvalue weighted by Crippen LogP contribution is 1.97. The monoisotopic (exact) mass is 137 g/mol. The van der Waals surface area contributed by atoms with Crippen LogP contribution >= 0.6 is 0 Å². The summed E-state index contributed by atoms with van der Waals surface area (Å²) in [5.74, 6) is 0. The number of hydrogen-bond donors (Lipinski definition) is 1. The van der Waals surface area contributed by atoms with E-state index in [9.17, 15) is 5.26 Å². The number of rotatable bonds is 4. The topological polar surface area (TPSA) is 67.8 Å². The molecule has 0 aliphatic heterocycles. The normalized spacial score (nSPS) is 17.3. The summed E-state index contributed by atoms with van der Waals surface area (Å²) in [6.45, 7) is 2.82. The predicted octanol–water partition coefficient (Wildman–Crippen LogP) is 0.547. The highest BCUT2D eigenvalue weighted by Gasteiger charge is 2.07. The summed E-state index contributed by atoms with van der Waals surface area (Å²) >= 11 is 0. The average molecular weight is 137 g/mol. The van der Waals surface area contributed by atoms with Crippen LogP contribution in [0.25, 0.3) is 0 Å². The second kappa shape index (κ2) is 4.66. The molecule has 0 aromatic heterocycles. The van der Waals surface area contributed by atoms with Crippen molar-refractivity contribution < 1.29 is 25.0 Å². The van der Waals surface area contributed by atoms with Crippen LogP contribution in [0.2, 0.25) is 0 Å². The van der Waals surface area contributed by atoms with Crippen molar-refractivity contribution in [2.24, 2.45) is 0 Å². The first kappa shape index (κ1) is 8.80. The van der Waals surface area contributed by atoms with E-state index < -0.39 is 12.6 Å². The molecule has 5 heteroatoms. The van der Waals surface area contributed by atoms with Gasteiger partial charge in [-0.25, -0.2) is 10.1 Å². The van der Waals surface area contributed by atoms with Crippen LogP contribution in [0.15, 0.2) is 0 Å². The zero-order chi connectivity index (χ0) is 7.28. The van der Waals surface area contributed by atoms with Crippen molar-refractivity contribution in [3.05, 3.63) is 0 Å². The Morgan fingerprint density at radius 2 is 1.89 bits per heavy atom. The lowest BCUT2D eigenvalue weighted by Gasteiger charge is -2.11. The first-order chi connectivity index (χ1) is 4.20. The molecule has 0 aliphatic rings. The first-order valence-corrected chi connectivity index (χ1v) is 2.45. The fourth-order valence-electron chi connectivity index (χ4n) is 0.317. The van der Waals surface area contributed by atoms with Crippen LogP contribution in [0.5, 0.6) is 0 Å². The van der Waals surface area contributed by atoms with E-state index in [1.54, 1.807) is 0 Å². The quantitative estimate of drug-likeness (QED) is 0.349. The molecular formula is C4H9O5. The molecule has 1 radical (unpaired) electrons. The van der Waals surface area contributed by atoms with Crippen LogP contribution in [0.4, 0.5) is 0 Å². The Bertz CT molecular complexity index is 58.0. The van der Waals surface area contributed by atoms with E-state index in [1.165, 1.54) is 13.8 Å². The van der Waals surface area contributed by atoms with Gasteiger partial charge >= 0.3 is 0 Å². The van der Waals surface area contributed by atoms with Crippen molar-refractivity contribution in [1.29, 1.82) is 0 Å². The molecule has 0 saturated carbocycles. The molecule has 2 atom stereocenters. The maximum atomic E-state index is 9.52. The average Bonchev–Trinajstić information content (AvgIpc) is 1.87. The van der Waals surface area contributed by atoms with Gasteiger partial charge in [-0.2, -0.15) is 4.89 Å². The van der Waals surface area contributed by atoms with Gasteiger partial charge in [-0.1, -0.05) is 0 Å². The summed E-state index contributed by atoms with van der Waals surface area (Å²) in [4.78, 5) is 7.14. The summed E-state index contributed by atoms with van der Waals surface area (Å²) in [6.07, 6.45) is -1.75. The molecule has 0 aromatic carbocycles. The van der Waals surface area contributed by atoms with Gasteiger partial charge in [0.1, 0.15) is 0 Å². The second-order valence-corrected chi connectivity index (χ2v) is 1.47. The maximum absolute atomic E-state index is 9.52. The molecule has 0 saturated heterocycles. The Balaban J connectivity index is 3.22. The van der Waals surface area contributed by atoms with Crippen LogP contribution in [0, 0.1) is 0 Å². The Hall–Kier alpha value is -0.200. The van der Waals surface area contributed by atoms with Crippen LogP contribution in [-0.2, 0) is 19.8 Å². The van der Waals surface area contributed by atoms with Crippen LogP contribution in [-0.4, -0.2) is 17.8 Å². The molecular weight excluding hydrogens is 128 g/mol. The smallest absolute Gasteiger partial charge is 0.194 e. The highest BCUT2D eigenvalue weighted by atomic mass is 17.2. The van der Waals surface area contributed by atoms with Gasteiger partial charge in [0.2, 0.25) is 0 Å². The van der Waals surface area contributed by atoms with Crippen molar-refractivity contribution in [3.8, 4) is 0 Å². The largest absolute Gasteiger partial charge is 0.318 e. The van der Waals surface area contributed by atoms with E-state index in [4.69, 9.17) is 5.26 Å². The minimum absolute atomic E-state index is 0.839. The highest BCUT2D eigenvalue weighted by molar-refractivity contribution is 4.27. The van der Waals surface area contributed by atoms with Crippen LogP contribution < -0.4 is 0 Å². The molecule has 0 heterocycles. The molecule has 2 unspecified atom stereocenters. The molecule has 0 spiro atoms. The summed E-state index contributed by atoms with van der Waals surface area (Å²) in [6, 6.07) is 0. The van der Waals surface area contributed by atoms with E-state index in [1.807, 2.05) is 0 Å². The zero-order valence-corrected chi connectivity index (χ0v) is 5.23. The molecule has 55 valence electrons. The van der Waals surface area contributed by atoms with Gasteiger partial charge in [0.05, 0.1) is 0 Å². The third-order valence-electron chi connectivity index (χ3n) is 0.667. The fourth-order valence-corrected chi connectivity index (χ4v) is 0.317. The molecule has 0 fully saturated rings. The first-order valence-electron chi connectivity index (χ1n) is 2.45. The number of hydrogen-bond acceptors (Lipinski definition) is 4. The minimum Gasteiger partial charge on any atom is -0.318 e. The van der Waals surface area contributed by atoms with Gasteiger partial charge in [-0.05, 0) is 19.1 Å². The van der Waals surface area contributed by atoms with Crippen molar-refractivity contribution in [3.63, 3.8) is 0 Å². The van der Waals surface area contributed by atoms with Crippen molar-refractivity contribution in [1.82, 2.24) is 0 Å². The Morgan fingerprint density at radius 3 is 2.22 bits per heavy atom. The predicted molar refractivity (Wildman–Crippen MR) is 25.5 cm³/mol. The maximum Gasteiger partial charge on any atom is 0.194 e. The molecule has 0 amide bonds. The molecule has 0 aromatic rings. The van der Waals surface area contributed by atoms with E-state index in [2.05, 4.69) is 14.5 Å². The molecule has 9 heavy (non-hydrogen) atoms. The van der Waals surface area contributed by atoms with Gasteiger partial charge in [0.15, 0.2) is 12.6 Å². The summed E-state index contributed by atoms with van der Waals surface area (Å²) in [5, 5.41) is 17.4. The second-order valence-electron chi connectivity index (χ2n) is 1.47. The Labute approximate surface area is 52.6 Å². The van der Waals surface area contributed by atoms with Gasteiger partial charge < -0.3 is 4.74 Å². The lowest BCUT2D eigenvalue weighted by Crippen LogP contribution is -2.19. The van der Waals surface area contributed by atoms with Gasteiger partial charge in [-0.3, -0.25) is 0 Å². The standard InChI is InChI=1S/C4H9O5/c1-3(8-5)7-4(2)9-6/h3-5H,1-2H3. The van der Waals surface area contributed by atoms with Gasteiger partial charge in [-0.15, -0.1) is 0 Å². The van der Waals surface area contributed by atoms with Crippen molar-refractivity contribution in [2.75, 3.05) is 0 Å². The van der Waals surface area contributed by atoms with Gasteiger partial charge in [0.25, 0.3) is 0 Å². The van der Waals surface area contributed by atoms with Crippen molar-refractivity contribution >= 4 is 0 Å². The molecule has 5 nitrogen and oxygen atoms in total. The van der Waals surface area contributed by atoms with E-state index in [-0.39, 0.29) is 0 Å². The summed E-state index contributed by atoms with van der Waals surface area (Å²) in [5.41, 5.74) is 0. The lowest BCUT2D eigenvalue weighted by atomic mass is 10.7. The van der Waals surface area contributed by atoms with Crippen LogP contribution in [0.1, 0.15) is 13.8 Å². The van der Waals surface area contributed by atoms with E-state index in [0.29, 0.717) is 0 Å². The van der Waals surface area contributed by atoms with Crippen LogP contribution in [0.3, 0.4) is 0 Å². The Morgan fingerprint density at radius 1 is 1.33 bits per heavy atom. The van der Waals surface area contributed by atoms with E-state index >= 15 is 0 Å². The minimum atomic E-state index is -0.910. The summed E-state index contributed by atoms with van der Waals surface area (Å²) < 4.78 is 4.54. The number of ether oxygens (including phenoxy) is 1. The summed E-state index contributed by atoms with van der Waals surface area (Å²) in [7, 11) is 0. The Kier molecular flexibility index (Phi) is 4.55. The fraction of sp³-hybridized carbons (Fsp3) is 1.00.